The lowest BCUT2D eigenvalue weighted by Gasteiger charge is -2.24. The first-order valence-corrected chi connectivity index (χ1v) is 8.87. The second-order valence-corrected chi connectivity index (χ2v) is 6.87. The minimum Gasteiger partial charge on any atom is -0.361 e. The Morgan fingerprint density at radius 2 is 2.04 bits per heavy atom. The molecule has 5 heteroatoms. The summed E-state index contributed by atoms with van der Waals surface area (Å²) < 4.78 is 13.6. The van der Waals surface area contributed by atoms with Gasteiger partial charge in [-0.3, -0.25) is 4.79 Å². The Morgan fingerprint density at radius 1 is 1.12 bits per heavy atom. The third-order valence-corrected chi connectivity index (χ3v) is 5.31. The van der Waals surface area contributed by atoms with E-state index in [0.717, 1.165) is 52.3 Å². The van der Waals surface area contributed by atoms with E-state index in [1.54, 1.807) is 12.1 Å². The van der Waals surface area contributed by atoms with Gasteiger partial charge in [-0.05, 0) is 61.2 Å². The lowest BCUT2D eigenvalue weighted by atomic mass is 9.91. The number of amides is 1. The van der Waals surface area contributed by atoms with Gasteiger partial charge in [-0.25, -0.2) is 4.39 Å². The fraction of sp³-hybridized carbons (Fsp3) is 0.190. The van der Waals surface area contributed by atoms with Crippen LogP contribution >= 0.6 is 0 Å². The van der Waals surface area contributed by atoms with Crippen molar-refractivity contribution < 1.29 is 9.18 Å². The van der Waals surface area contributed by atoms with Gasteiger partial charge in [0.2, 0.25) is 0 Å². The number of hydrogen-bond acceptors (Lipinski definition) is 1. The third kappa shape index (κ3) is 2.31. The van der Waals surface area contributed by atoms with E-state index in [2.05, 4.69) is 15.3 Å². The highest BCUT2D eigenvalue weighted by atomic mass is 19.1. The van der Waals surface area contributed by atoms with Crippen molar-refractivity contribution in [2.24, 2.45) is 0 Å². The predicted octanol–water partition coefficient (Wildman–Crippen LogP) is 4.60. The molecule has 4 nitrogen and oxygen atoms in total. The van der Waals surface area contributed by atoms with Crippen molar-refractivity contribution in [2.45, 2.75) is 25.3 Å². The second kappa shape index (κ2) is 5.73. The Kier molecular flexibility index (Phi) is 3.35. The van der Waals surface area contributed by atoms with Crippen LogP contribution in [0.4, 0.5) is 4.39 Å². The van der Waals surface area contributed by atoms with E-state index in [1.807, 2.05) is 30.5 Å². The maximum atomic E-state index is 13.6. The third-order valence-electron chi connectivity index (χ3n) is 5.31. The van der Waals surface area contributed by atoms with Crippen molar-refractivity contribution in [2.75, 3.05) is 0 Å². The molecule has 0 saturated carbocycles. The minimum atomic E-state index is -0.232. The van der Waals surface area contributed by atoms with Crippen molar-refractivity contribution in [3.05, 3.63) is 71.3 Å². The zero-order valence-electron chi connectivity index (χ0n) is 14.1. The molecule has 0 fully saturated rings. The molecular formula is C21H18FN3O. The lowest BCUT2D eigenvalue weighted by Crippen LogP contribution is -2.31. The van der Waals surface area contributed by atoms with Crippen LogP contribution in [-0.4, -0.2) is 15.9 Å². The SMILES string of the molecule is O=C(NC1CCCc2c1[nH]c1ccc(F)cc21)c1cccc2[nH]ccc12. The van der Waals surface area contributed by atoms with Crippen LogP contribution in [0.3, 0.4) is 0 Å². The molecule has 1 aliphatic rings. The minimum absolute atomic E-state index is 0.0853. The van der Waals surface area contributed by atoms with Gasteiger partial charge in [-0.15, -0.1) is 0 Å². The van der Waals surface area contributed by atoms with Crippen LogP contribution in [0.1, 0.15) is 40.5 Å². The molecule has 1 atom stereocenters. The van der Waals surface area contributed by atoms with E-state index in [-0.39, 0.29) is 17.8 Å². The molecule has 1 unspecified atom stereocenters. The second-order valence-electron chi connectivity index (χ2n) is 6.87. The number of carbonyl (C=O) groups excluding carboxylic acids is 1. The number of nitrogens with one attached hydrogen (secondary N) is 3. The van der Waals surface area contributed by atoms with E-state index in [1.165, 1.54) is 6.07 Å². The number of carbonyl (C=O) groups is 1. The van der Waals surface area contributed by atoms with Gasteiger partial charge in [0.25, 0.3) is 5.91 Å². The molecule has 0 aliphatic heterocycles. The molecule has 2 aromatic heterocycles. The summed E-state index contributed by atoms with van der Waals surface area (Å²) in [5.74, 6) is -0.317. The Morgan fingerprint density at radius 3 is 2.96 bits per heavy atom. The average Bonchev–Trinajstić information content (AvgIpc) is 3.26. The Bertz CT molecular complexity index is 1140. The number of rotatable bonds is 2. The summed E-state index contributed by atoms with van der Waals surface area (Å²) in [6, 6.07) is 12.3. The largest absolute Gasteiger partial charge is 0.361 e. The summed E-state index contributed by atoms with van der Waals surface area (Å²) in [4.78, 5) is 19.4. The maximum Gasteiger partial charge on any atom is 0.252 e. The van der Waals surface area contributed by atoms with Crippen molar-refractivity contribution >= 4 is 27.7 Å². The van der Waals surface area contributed by atoms with Gasteiger partial charge in [0.15, 0.2) is 0 Å². The molecular weight excluding hydrogens is 329 g/mol. The molecule has 3 N–H and O–H groups in total. The van der Waals surface area contributed by atoms with Gasteiger partial charge in [0.1, 0.15) is 5.82 Å². The van der Waals surface area contributed by atoms with Crippen molar-refractivity contribution in [3.63, 3.8) is 0 Å². The Labute approximate surface area is 149 Å². The van der Waals surface area contributed by atoms with E-state index >= 15 is 0 Å². The molecule has 2 heterocycles. The first-order valence-electron chi connectivity index (χ1n) is 8.87. The highest BCUT2D eigenvalue weighted by molar-refractivity contribution is 6.06. The summed E-state index contributed by atoms with van der Waals surface area (Å²) in [5.41, 5.74) is 4.66. The smallest absolute Gasteiger partial charge is 0.252 e. The zero-order chi connectivity index (χ0) is 17.7. The molecule has 130 valence electrons. The van der Waals surface area contributed by atoms with Crippen molar-refractivity contribution in [3.8, 4) is 0 Å². The van der Waals surface area contributed by atoms with Crippen LogP contribution in [0, 0.1) is 5.82 Å². The number of hydrogen-bond donors (Lipinski definition) is 3. The van der Waals surface area contributed by atoms with Crippen LogP contribution in [-0.2, 0) is 6.42 Å². The molecule has 0 radical (unpaired) electrons. The number of fused-ring (bicyclic) bond motifs is 4. The van der Waals surface area contributed by atoms with Gasteiger partial charge in [-0.2, -0.15) is 0 Å². The summed E-state index contributed by atoms with van der Waals surface area (Å²) in [7, 11) is 0. The quantitative estimate of drug-likeness (QED) is 0.488. The molecule has 0 bridgehead atoms. The maximum absolute atomic E-state index is 13.6. The molecule has 26 heavy (non-hydrogen) atoms. The summed E-state index contributed by atoms with van der Waals surface area (Å²) in [6.45, 7) is 0. The van der Waals surface area contributed by atoms with Crippen molar-refractivity contribution in [1.82, 2.24) is 15.3 Å². The Hall–Kier alpha value is -3.08. The van der Waals surface area contributed by atoms with E-state index in [9.17, 15) is 9.18 Å². The number of aromatic amines is 2. The molecule has 2 aromatic carbocycles. The monoisotopic (exact) mass is 347 g/mol. The molecule has 5 rings (SSSR count). The molecule has 4 aromatic rings. The first kappa shape index (κ1) is 15.2. The van der Waals surface area contributed by atoms with Gasteiger partial charge < -0.3 is 15.3 Å². The number of aromatic nitrogens is 2. The number of aryl methyl sites for hydroxylation is 1. The summed E-state index contributed by atoms with van der Waals surface area (Å²) in [5, 5.41) is 5.01. The van der Waals surface area contributed by atoms with Crippen molar-refractivity contribution in [1.29, 1.82) is 0 Å². The van der Waals surface area contributed by atoms with Crippen LogP contribution in [0.15, 0.2) is 48.7 Å². The highest BCUT2D eigenvalue weighted by Crippen LogP contribution is 2.35. The highest BCUT2D eigenvalue weighted by Gasteiger charge is 2.26. The first-order chi connectivity index (χ1) is 12.7. The fourth-order valence-electron chi connectivity index (χ4n) is 4.10. The van der Waals surface area contributed by atoms with Crippen LogP contribution in [0.5, 0.6) is 0 Å². The number of H-pyrrole nitrogens is 2. The van der Waals surface area contributed by atoms with Crippen LogP contribution in [0.2, 0.25) is 0 Å². The Balaban J connectivity index is 1.52. The van der Waals surface area contributed by atoms with Crippen LogP contribution in [0.25, 0.3) is 21.8 Å². The van der Waals surface area contributed by atoms with Gasteiger partial charge in [0, 0.05) is 39.3 Å². The summed E-state index contributed by atoms with van der Waals surface area (Å²) in [6.07, 6.45) is 4.58. The van der Waals surface area contributed by atoms with E-state index in [0.29, 0.717) is 5.56 Å². The topological polar surface area (TPSA) is 60.7 Å². The van der Waals surface area contributed by atoms with E-state index < -0.39 is 0 Å². The molecule has 1 amide bonds. The van der Waals surface area contributed by atoms with Gasteiger partial charge in [-0.1, -0.05) is 6.07 Å². The normalized spacial score (nSPS) is 16.7. The predicted molar refractivity (Wildman–Crippen MR) is 99.7 cm³/mol. The summed E-state index contributed by atoms with van der Waals surface area (Å²) >= 11 is 0. The molecule has 0 saturated heterocycles. The molecule has 1 aliphatic carbocycles. The average molecular weight is 347 g/mol. The fourth-order valence-corrected chi connectivity index (χ4v) is 4.10. The number of halogens is 1. The lowest BCUT2D eigenvalue weighted by molar-refractivity contribution is 0.0933. The standard InChI is InChI=1S/C21H18FN3O/c22-12-7-8-18-16(11-12)14-3-1-6-19(20(14)24-18)25-21(26)15-4-2-5-17-13(15)9-10-23-17/h2,4-5,7-11,19,23-24H,1,3,6H2,(H,25,26). The van der Waals surface area contributed by atoms with Crippen LogP contribution < -0.4 is 5.32 Å². The van der Waals surface area contributed by atoms with E-state index in [4.69, 9.17) is 0 Å². The number of benzene rings is 2. The van der Waals surface area contributed by atoms with Gasteiger partial charge >= 0.3 is 0 Å². The molecule has 0 spiro atoms. The van der Waals surface area contributed by atoms with Gasteiger partial charge in [0.05, 0.1) is 6.04 Å². The zero-order valence-corrected chi connectivity index (χ0v) is 14.1.